The normalized spacial score (nSPS) is 19.3. The van der Waals surface area contributed by atoms with Gasteiger partial charge in [-0.1, -0.05) is 6.92 Å². The molecule has 5 heteroatoms. The summed E-state index contributed by atoms with van der Waals surface area (Å²) in [5.74, 6) is -0.934. The van der Waals surface area contributed by atoms with Crippen LogP contribution in [0.3, 0.4) is 0 Å². The maximum absolute atomic E-state index is 11.4. The monoisotopic (exact) mass is 214 g/mol. The summed E-state index contributed by atoms with van der Waals surface area (Å²) in [6, 6.07) is -0.706. The van der Waals surface area contributed by atoms with E-state index in [0.717, 1.165) is 12.8 Å². The summed E-state index contributed by atoms with van der Waals surface area (Å²) >= 11 is 0. The Bertz CT molecular complexity index is 251. The predicted molar refractivity (Wildman–Crippen MR) is 55.1 cm³/mol. The van der Waals surface area contributed by atoms with Gasteiger partial charge in [0, 0.05) is 6.42 Å². The molecule has 0 spiro atoms. The van der Waals surface area contributed by atoms with E-state index in [-0.39, 0.29) is 17.7 Å². The third-order valence-electron chi connectivity index (χ3n) is 2.61. The van der Waals surface area contributed by atoms with Gasteiger partial charge in [0.1, 0.15) is 6.04 Å². The number of carbonyl (C=O) groups excluding carboxylic acids is 1. The fraction of sp³-hybridized carbons (Fsp3) is 0.800. The van der Waals surface area contributed by atoms with Gasteiger partial charge < -0.3 is 16.2 Å². The molecule has 15 heavy (non-hydrogen) atoms. The number of nitrogens with two attached hydrogens (primary N) is 1. The zero-order valence-electron chi connectivity index (χ0n) is 8.90. The third-order valence-corrected chi connectivity index (χ3v) is 2.61. The molecule has 1 fully saturated rings. The number of carbonyl (C=O) groups is 2. The Kier molecular flexibility index (Phi) is 4.08. The fourth-order valence-electron chi connectivity index (χ4n) is 1.44. The summed E-state index contributed by atoms with van der Waals surface area (Å²) in [4.78, 5) is 22.3. The Morgan fingerprint density at radius 1 is 1.53 bits per heavy atom. The van der Waals surface area contributed by atoms with Crippen molar-refractivity contribution in [2.45, 2.75) is 32.2 Å². The molecule has 5 nitrogen and oxygen atoms in total. The molecule has 0 radical (unpaired) electrons. The van der Waals surface area contributed by atoms with E-state index in [4.69, 9.17) is 10.8 Å². The van der Waals surface area contributed by atoms with Gasteiger partial charge in [-0.15, -0.1) is 0 Å². The van der Waals surface area contributed by atoms with Crippen LogP contribution in [0.1, 0.15) is 26.2 Å². The minimum atomic E-state index is -0.939. The molecule has 0 aliphatic heterocycles. The van der Waals surface area contributed by atoms with Crippen molar-refractivity contribution in [3.05, 3.63) is 0 Å². The Morgan fingerprint density at radius 2 is 2.13 bits per heavy atom. The molecular weight excluding hydrogens is 196 g/mol. The van der Waals surface area contributed by atoms with Crippen LogP contribution in [0.5, 0.6) is 0 Å². The van der Waals surface area contributed by atoms with Gasteiger partial charge >= 0.3 is 5.97 Å². The highest BCUT2D eigenvalue weighted by Crippen LogP contribution is 2.32. The van der Waals surface area contributed by atoms with E-state index in [0.29, 0.717) is 13.0 Å². The number of hydrogen-bond donors (Lipinski definition) is 3. The van der Waals surface area contributed by atoms with Crippen molar-refractivity contribution in [1.82, 2.24) is 5.32 Å². The van der Waals surface area contributed by atoms with Gasteiger partial charge in [-0.3, -0.25) is 4.79 Å². The molecule has 0 bridgehead atoms. The Balaban J connectivity index is 2.37. The molecule has 0 heterocycles. The zero-order valence-corrected chi connectivity index (χ0v) is 8.90. The van der Waals surface area contributed by atoms with E-state index in [1.54, 1.807) is 0 Å². The molecule has 1 saturated carbocycles. The van der Waals surface area contributed by atoms with Gasteiger partial charge in [0.05, 0.1) is 0 Å². The maximum Gasteiger partial charge on any atom is 0.326 e. The van der Waals surface area contributed by atoms with Crippen molar-refractivity contribution in [3.8, 4) is 0 Å². The van der Waals surface area contributed by atoms with Crippen LogP contribution in [0.15, 0.2) is 0 Å². The molecule has 1 amide bonds. The number of amides is 1. The Labute approximate surface area is 89.0 Å². The standard InChI is InChI=1S/C10H18N2O3/c1-6(5-11)4-8(13)12-9(10(14)15)7-2-3-7/h6-7,9H,2-5,11H2,1H3,(H,12,13)(H,14,15). The molecule has 0 aromatic carbocycles. The highest BCUT2D eigenvalue weighted by Gasteiger charge is 2.37. The zero-order chi connectivity index (χ0) is 11.4. The quantitative estimate of drug-likeness (QED) is 0.578. The van der Waals surface area contributed by atoms with E-state index < -0.39 is 12.0 Å². The molecule has 1 aliphatic carbocycles. The third kappa shape index (κ3) is 3.87. The van der Waals surface area contributed by atoms with Crippen LogP contribution in [0, 0.1) is 11.8 Å². The second-order valence-corrected chi connectivity index (χ2v) is 4.27. The predicted octanol–water partition coefficient (Wildman–Crippen LogP) is -0.0493. The van der Waals surface area contributed by atoms with Crippen molar-refractivity contribution in [2.75, 3.05) is 6.54 Å². The Morgan fingerprint density at radius 3 is 2.53 bits per heavy atom. The first-order chi connectivity index (χ1) is 7.04. The first kappa shape index (κ1) is 12.0. The maximum atomic E-state index is 11.4. The van der Waals surface area contributed by atoms with Crippen LogP contribution in [0.2, 0.25) is 0 Å². The number of hydrogen-bond acceptors (Lipinski definition) is 3. The van der Waals surface area contributed by atoms with E-state index >= 15 is 0 Å². The lowest BCUT2D eigenvalue weighted by atomic mass is 10.1. The van der Waals surface area contributed by atoms with Gasteiger partial charge in [-0.05, 0) is 31.2 Å². The minimum Gasteiger partial charge on any atom is -0.480 e. The van der Waals surface area contributed by atoms with Crippen LogP contribution in [-0.4, -0.2) is 29.6 Å². The van der Waals surface area contributed by atoms with Gasteiger partial charge in [-0.2, -0.15) is 0 Å². The van der Waals surface area contributed by atoms with Crippen molar-refractivity contribution in [2.24, 2.45) is 17.6 Å². The van der Waals surface area contributed by atoms with Crippen molar-refractivity contribution in [1.29, 1.82) is 0 Å². The van der Waals surface area contributed by atoms with Crippen LogP contribution in [0.4, 0.5) is 0 Å². The number of aliphatic carboxylic acids is 1. The first-order valence-electron chi connectivity index (χ1n) is 5.26. The number of carboxylic acid groups (broad SMARTS) is 1. The molecule has 0 saturated heterocycles. The lowest BCUT2D eigenvalue weighted by molar-refractivity contribution is -0.142. The minimum absolute atomic E-state index is 0.0960. The molecule has 1 aliphatic rings. The SMILES string of the molecule is CC(CN)CC(=O)NC(C(=O)O)C1CC1. The lowest BCUT2D eigenvalue weighted by Crippen LogP contribution is -2.43. The van der Waals surface area contributed by atoms with E-state index in [1.165, 1.54) is 0 Å². The average Bonchev–Trinajstić information content (AvgIpc) is 2.96. The molecule has 2 atom stereocenters. The van der Waals surface area contributed by atoms with Gasteiger partial charge in [0.25, 0.3) is 0 Å². The van der Waals surface area contributed by atoms with Crippen LogP contribution >= 0.6 is 0 Å². The number of carboxylic acids is 1. The van der Waals surface area contributed by atoms with Crippen LogP contribution < -0.4 is 11.1 Å². The lowest BCUT2D eigenvalue weighted by Gasteiger charge is -2.15. The van der Waals surface area contributed by atoms with E-state index in [9.17, 15) is 9.59 Å². The fourth-order valence-corrected chi connectivity index (χ4v) is 1.44. The van der Waals surface area contributed by atoms with Crippen LogP contribution in [-0.2, 0) is 9.59 Å². The van der Waals surface area contributed by atoms with Crippen LogP contribution in [0.25, 0.3) is 0 Å². The Hall–Kier alpha value is -1.10. The van der Waals surface area contributed by atoms with E-state index in [1.807, 2.05) is 6.92 Å². The summed E-state index contributed by atoms with van der Waals surface area (Å²) in [7, 11) is 0. The smallest absolute Gasteiger partial charge is 0.326 e. The number of rotatable bonds is 6. The second-order valence-electron chi connectivity index (χ2n) is 4.27. The van der Waals surface area contributed by atoms with Crippen molar-refractivity contribution >= 4 is 11.9 Å². The summed E-state index contributed by atoms with van der Waals surface area (Å²) in [6.45, 7) is 2.31. The molecule has 4 N–H and O–H groups in total. The van der Waals surface area contributed by atoms with Gasteiger partial charge in [0.2, 0.25) is 5.91 Å². The molecule has 86 valence electrons. The first-order valence-corrected chi connectivity index (χ1v) is 5.26. The second kappa shape index (κ2) is 5.11. The average molecular weight is 214 g/mol. The molecule has 0 aromatic rings. The van der Waals surface area contributed by atoms with E-state index in [2.05, 4.69) is 5.32 Å². The number of nitrogens with one attached hydrogen (secondary N) is 1. The largest absolute Gasteiger partial charge is 0.480 e. The highest BCUT2D eigenvalue weighted by atomic mass is 16.4. The van der Waals surface area contributed by atoms with Gasteiger partial charge in [0.15, 0.2) is 0 Å². The summed E-state index contributed by atoms with van der Waals surface area (Å²) in [6.07, 6.45) is 2.08. The molecule has 1 rings (SSSR count). The van der Waals surface area contributed by atoms with Gasteiger partial charge in [-0.25, -0.2) is 4.79 Å². The highest BCUT2D eigenvalue weighted by molar-refractivity contribution is 5.84. The topological polar surface area (TPSA) is 92.4 Å². The molecule has 0 aromatic heterocycles. The van der Waals surface area contributed by atoms with Crippen molar-refractivity contribution in [3.63, 3.8) is 0 Å². The summed E-state index contributed by atoms with van der Waals surface area (Å²) in [5.41, 5.74) is 5.39. The summed E-state index contributed by atoms with van der Waals surface area (Å²) < 4.78 is 0. The summed E-state index contributed by atoms with van der Waals surface area (Å²) in [5, 5.41) is 11.4. The van der Waals surface area contributed by atoms with Crippen molar-refractivity contribution < 1.29 is 14.7 Å². The molecular formula is C10H18N2O3. The molecule has 2 unspecified atom stereocenters.